The SMILES string of the molecule is CCC(=O)[C@H]1OC(C)(C)O[C@H]1C(=O)C(I)P(=O)(OC)OC. The smallest absolute Gasteiger partial charge is 0.336 e. The highest BCUT2D eigenvalue weighted by Gasteiger charge is 2.52. The van der Waals surface area contributed by atoms with Crippen LogP contribution in [0.4, 0.5) is 0 Å². The molecule has 0 aromatic rings. The summed E-state index contributed by atoms with van der Waals surface area (Å²) >= 11 is 1.68. The highest BCUT2D eigenvalue weighted by molar-refractivity contribution is 14.1. The molecule has 0 spiro atoms. The Morgan fingerprint density at radius 2 is 1.71 bits per heavy atom. The van der Waals surface area contributed by atoms with Gasteiger partial charge in [-0.15, -0.1) is 0 Å². The molecule has 7 nitrogen and oxygen atoms in total. The van der Waals surface area contributed by atoms with Crippen LogP contribution < -0.4 is 0 Å². The van der Waals surface area contributed by atoms with Gasteiger partial charge in [-0.05, 0) is 13.8 Å². The van der Waals surface area contributed by atoms with Gasteiger partial charge in [-0.2, -0.15) is 0 Å². The lowest BCUT2D eigenvalue weighted by atomic mass is 10.1. The Balaban J connectivity index is 3.03. The zero-order valence-electron chi connectivity index (χ0n) is 12.6. The van der Waals surface area contributed by atoms with Gasteiger partial charge in [-0.25, -0.2) is 0 Å². The normalized spacial score (nSPS) is 26.6. The summed E-state index contributed by atoms with van der Waals surface area (Å²) in [5.41, 5.74) is 0. The first kappa shape index (κ1) is 19.2. The Hall–Kier alpha value is 0.140. The van der Waals surface area contributed by atoms with E-state index in [1.165, 1.54) is 14.2 Å². The van der Waals surface area contributed by atoms with E-state index >= 15 is 0 Å². The molecule has 0 aromatic heterocycles. The van der Waals surface area contributed by atoms with Crippen molar-refractivity contribution in [2.75, 3.05) is 14.2 Å². The third-order valence-corrected chi connectivity index (χ3v) is 7.55. The van der Waals surface area contributed by atoms with Gasteiger partial charge in [0.05, 0.1) is 0 Å². The molecule has 1 heterocycles. The molecule has 1 saturated heterocycles. The molecule has 1 fully saturated rings. The first-order chi connectivity index (χ1) is 9.61. The average molecular weight is 434 g/mol. The van der Waals surface area contributed by atoms with Crippen molar-refractivity contribution in [2.45, 2.75) is 48.9 Å². The summed E-state index contributed by atoms with van der Waals surface area (Å²) in [6.07, 6.45) is -1.91. The highest BCUT2D eigenvalue weighted by atomic mass is 127. The summed E-state index contributed by atoms with van der Waals surface area (Å²) < 4.78 is 31.9. The summed E-state index contributed by atoms with van der Waals surface area (Å²) in [6.45, 7) is 4.91. The van der Waals surface area contributed by atoms with Crippen LogP contribution in [0.3, 0.4) is 0 Å². The van der Waals surface area contributed by atoms with Gasteiger partial charge in [-0.3, -0.25) is 14.2 Å². The number of carbonyl (C=O) groups excluding carboxylic acids is 2. The summed E-state index contributed by atoms with van der Waals surface area (Å²) in [5, 5.41) is 0. The molecule has 0 amide bonds. The number of alkyl halides is 1. The lowest BCUT2D eigenvalue weighted by molar-refractivity contribution is -0.157. The molecule has 0 saturated carbocycles. The molecule has 1 aliphatic heterocycles. The van der Waals surface area contributed by atoms with Crippen LogP contribution in [0.5, 0.6) is 0 Å². The Bertz CT molecular complexity index is 457. The minimum atomic E-state index is -3.60. The van der Waals surface area contributed by atoms with Crippen molar-refractivity contribution in [3.8, 4) is 0 Å². The van der Waals surface area contributed by atoms with Gasteiger partial charge in [0.1, 0.15) is 0 Å². The Kier molecular flexibility index (Phi) is 6.53. The molecule has 0 bridgehead atoms. The fraction of sp³-hybridized carbons (Fsp3) is 0.833. The minimum Gasteiger partial charge on any atom is -0.336 e. The van der Waals surface area contributed by atoms with E-state index in [0.29, 0.717) is 0 Å². The quantitative estimate of drug-likeness (QED) is 0.345. The lowest BCUT2D eigenvalue weighted by Crippen LogP contribution is -2.40. The van der Waals surface area contributed by atoms with Crippen LogP contribution >= 0.6 is 30.2 Å². The monoisotopic (exact) mass is 434 g/mol. The number of ether oxygens (including phenoxy) is 2. The predicted octanol–water partition coefficient (Wildman–Crippen LogP) is 2.30. The summed E-state index contributed by atoms with van der Waals surface area (Å²) in [7, 11) is -1.19. The second kappa shape index (κ2) is 7.14. The Morgan fingerprint density at radius 3 is 2.14 bits per heavy atom. The maximum absolute atomic E-state index is 12.5. The van der Waals surface area contributed by atoms with Crippen molar-refractivity contribution in [3.63, 3.8) is 0 Å². The third-order valence-electron chi connectivity index (χ3n) is 3.06. The fourth-order valence-corrected chi connectivity index (χ4v) is 4.65. The average Bonchev–Trinajstić information content (AvgIpc) is 2.79. The van der Waals surface area contributed by atoms with E-state index < -0.39 is 35.0 Å². The number of hydrogen-bond donors (Lipinski definition) is 0. The molecule has 122 valence electrons. The van der Waals surface area contributed by atoms with Gasteiger partial charge in [0.2, 0.25) is 0 Å². The number of hydrogen-bond acceptors (Lipinski definition) is 7. The van der Waals surface area contributed by atoms with Gasteiger partial charge in [0.15, 0.2) is 33.2 Å². The van der Waals surface area contributed by atoms with Crippen LogP contribution in [0, 0.1) is 0 Å². The first-order valence-corrected chi connectivity index (χ1v) is 9.25. The van der Waals surface area contributed by atoms with Crippen LogP contribution in [0.1, 0.15) is 27.2 Å². The van der Waals surface area contributed by atoms with E-state index in [4.69, 9.17) is 18.5 Å². The minimum absolute atomic E-state index is 0.214. The molecule has 1 aliphatic rings. The zero-order valence-corrected chi connectivity index (χ0v) is 15.7. The van der Waals surface area contributed by atoms with Gasteiger partial charge in [-0.1, -0.05) is 29.5 Å². The molecule has 1 unspecified atom stereocenters. The summed E-state index contributed by atoms with van der Waals surface area (Å²) in [4.78, 5) is 24.5. The van der Waals surface area contributed by atoms with Crippen LogP contribution in [-0.4, -0.2) is 47.4 Å². The predicted molar refractivity (Wildman–Crippen MR) is 83.6 cm³/mol. The standard InChI is InChI=1S/C12H20IO7P/c1-6-7(14)9-10(20-12(2,3)19-9)8(15)11(13)21(16,17-4)18-5/h9-11H,6H2,1-5H3/t9-,10+,11?/m1/s1. The van der Waals surface area contributed by atoms with E-state index in [1.807, 2.05) is 0 Å². The van der Waals surface area contributed by atoms with Crippen LogP contribution in [0.25, 0.3) is 0 Å². The topological polar surface area (TPSA) is 88.1 Å². The van der Waals surface area contributed by atoms with Crippen molar-refractivity contribution in [2.24, 2.45) is 0 Å². The second-order valence-corrected chi connectivity index (χ2v) is 9.50. The number of Topliss-reactive ketones (excluding diaryl/α,β-unsaturated/α-hetero) is 2. The number of ketones is 2. The molecule has 21 heavy (non-hydrogen) atoms. The van der Waals surface area contributed by atoms with Gasteiger partial charge in [0, 0.05) is 20.6 Å². The number of carbonyl (C=O) groups is 2. The lowest BCUT2D eigenvalue weighted by Gasteiger charge is -2.22. The first-order valence-electron chi connectivity index (χ1n) is 6.39. The fourth-order valence-electron chi connectivity index (χ4n) is 1.96. The second-order valence-electron chi connectivity index (χ2n) is 4.94. The number of halogens is 1. The van der Waals surface area contributed by atoms with E-state index in [0.717, 1.165) is 0 Å². The molecule has 0 aromatic carbocycles. The Morgan fingerprint density at radius 1 is 1.24 bits per heavy atom. The van der Waals surface area contributed by atoms with Crippen molar-refractivity contribution >= 4 is 41.8 Å². The third kappa shape index (κ3) is 4.11. The van der Waals surface area contributed by atoms with Crippen molar-refractivity contribution in [1.82, 2.24) is 0 Å². The van der Waals surface area contributed by atoms with Crippen LogP contribution in [0.2, 0.25) is 0 Å². The van der Waals surface area contributed by atoms with Crippen molar-refractivity contribution in [1.29, 1.82) is 0 Å². The van der Waals surface area contributed by atoms with Crippen molar-refractivity contribution < 1.29 is 32.7 Å². The molecular weight excluding hydrogens is 414 g/mol. The molecular formula is C12H20IO7P. The summed E-state index contributed by atoms with van der Waals surface area (Å²) in [5.74, 6) is -1.84. The maximum atomic E-state index is 12.5. The van der Waals surface area contributed by atoms with Gasteiger partial charge in [0.25, 0.3) is 0 Å². The van der Waals surface area contributed by atoms with Crippen LogP contribution in [-0.2, 0) is 32.7 Å². The molecule has 0 aliphatic carbocycles. The maximum Gasteiger partial charge on any atom is 0.350 e. The van der Waals surface area contributed by atoms with E-state index in [-0.39, 0.29) is 12.2 Å². The highest BCUT2D eigenvalue weighted by Crippen LogP contribution is 2.55. The molecule has 0 N–H and O–H groups in total. The largest absolute Gasteiger partial charge is 0.350 e. The van der Waals surface area contributed by atoms with E-state index in [9.17, 15) is 14.2 Å². The summed E-state index contributed by atoms with van der Waals surface area (Å²) in [6, 6.07) is 0. The Labute approximate surface area is 137 Å². The van der Waals surface area contributed by atoms with Crippen molar-refractivity contribution in [3.05, 3.63) is 0 Å². The number of rotatable bonds is 7. The van der Waals surface area contributed by atoms with Gasteiger partial charge < -0.3 is 18.5 Å². The zero-order chi connectivity index (χ0) is 16.4. The molecule has 0 radical (unpaired) electrons. The molecule has 9 heteroatoms. The van der Waals surface area contributed by atoms with E-state index in [2.05, 4.69) is 0 Å². The van der Waals surface area contributed by atoms with Crippen LogP contribution in [0.15, 0.2) is 0 Å². The molecule has 1 rings (SSSR count). The molecule has 3 atom stereocenters. The van der Waals surface area contributed by atoms with Gasteiger partial charge >= 0.3 is 7.60 Å². The van der Waals surface area contributed by atoms with E-state index in [1.54, 1.807) is 43.4 Å².